The van der Waals surface area contributed by atoms with Crippen LogP contribution in [-0.4, -0.2) is 37.0 Å². The van der Waals surface area contributed by atoms with E-state index < -0.39 is 0 Å². The Morgan fingerprint density at radius 2 is 2.27 bits per heavy atom. The number of nitrogens with one attached hydrogen (secondary N) is 3. The molecule has 1 aliphatic rings. The Kier molecular flexibility index (Phi) is 4.55. The van der Waals surface area contributed by atoms with Crippen molar-refractivity contribution in [1.29, 1.82) is 0 Å². The van der Waals surface area contributed by atoms with Crippen molar-refractivity contribution in [3.8, 4) is 0 Å². The lowest BCUT2D eigenvalue weighted by Crippen LogP contribution is -2.44. The summed E-state index contributed by atoms with van der Waals surface area (Å²) in [5.41, 5.74) is 0. The summed E-state index contributed by atoms with van der Waals surface area (Å²) in [6.07, 6.45) is 1.07. The van der Waals surface area contributed by atoms with Gasteiger partial charge in [0.05, 0.1) is 0 Å². The summed E-state index contributed by atoms with van der Waals surface area (Å²) in [6.45, 7) is 5.46. The molecule has 0 aromatic carbocycles. The Labute approximate surface area is 90.0 Å². The molecule has 0 radical (unpaired) electrons. The molecule has 0 aromatic rings. The number of hydrogen-bond acceptors (Lipinski definition) is 3. The van der Waals surface area contributed by atoms with Crippen LogP contribution in [0.1, 0.15) is 26.7 Å². The van der Waals surface area contributed by atoms with Crippen molar-refractivity contribution in [2.75, 3.05) is 13.1 Å². The molecule has 2 amide bonds. The average Bonchev–Trinajstić information content (AvgIpc) is 2.59. The van der Waals surface area contributed by atoms with Gasteiger partial charge in [0, 0.05) is 25.6 Å². The summed E-state index contributed by atoms with van der Waals surface area (Å²) in [5.74, 6) is -0.109. The van der Waals surface area contributed by atoms with Gasteiger partial charge in [-0.1, -0.05) is 13.8 Å². The first-order chi connectivity index (χ1) is 7.09. The van der Waals surface area contributed by atoms with E-state index >= 15 is 0 Å². The third-order valence-electron chi connectivity index (χ3n) is 2.29. The molecule has 0 aliphatic carbocycles. The summed E-state index contributed by atoms with van der Waals surface area (Å²) in [4.78, 5) is 22.4. The van der Waals surface area contributed by atoms with Gasteiger partial charge in [-0.2, -0.15) is 0 Å². The Hall–Kier alpha value is -1.10. The highest BCUT2D eigenvalue weighted by Crippen LogP contribution is 2.05. The number of carbonyl (C=O) groups is 2. The molecule has 1 atom stereocenters. The first-order valence-corrected chi connectivity index (χ1v) is 5.40. The summed E-state index contributed by atoms with van der Waals surface area (Å²) in [7, 11) is 0. The van der Waals surface area contributed by atoms with E-state index in [9.17, 15) is 9.59 Å². The minimum Gasteiger partial charge on any atom is -0.353 e. The number of rotatable bonds is 5. The Bertz CT molecular complexity index is 241. The van der Waals surface area contributed by atoms with Crippen LogP contribution in [0.15, 0.2) is 0 Å². The lowest BCUT2D eigenvalue weighted by atomic mass is 10.2. The van der Waals surface area contributed by atoms with Crippen molar-refractivity contribution in [2.24, 2.45) is 0 Å². The first-order valence-electron chi connectivity index (χ1n) is 5.40. The van der Waals surface area contributed by atoms with Gasteiger partial charge in [0.1, 0.15) is 6.04 Å². The highest BCUT2D eigenvalue weighted by atomic mass is 16.2. The van der Waals surface area contributed by atoms with Gasteiger partial charge < -0.3 is 16.0 Å². The normalized spacial score (nSPS) is 20.5. The van der Waals surface area contributed by atoms with Gasteiger partial charge in [-0.3, -0.25) is 9.59 Å². The summed E-state index contributed by atoms with van der Waals surface area (Å²) in [5, 5.41) is 8.61. The Morgan fingerprint density at radius 3 is 2.80 bits per heavy atom. The molecule has 1 heterocycles. The summed E-state index contributed by atoms with van der Waals surface area (Å²) < 4.78 is 0. The molecular weight excluding hydrogens is 194 g/mol. The summed E-state index contributed by atoms with van der Waals surface area (Å²) >= 11 is 0. The lowest BCUT2D eigenvalue weighted by molar-refractivity contribution is -0.125. The fraction of sp³-hybridized carbons (Fsp3) is 0.800. The van der Waals surface area contributed by atoms with Gasteiger partial charge in [0.15, 0.2) is 0 Å². The molecular formula is C10H19N3O2. The maximum Gasteiger partial charge on any atom is 0.242 e. The van der Waals surface area contributed by atoms with E-state index in [0.717, 1.165) is 6.54 Å². The maximum atomic E-state index is 11.5. The molecule has 0 aromatic heterocycles. The van der Waals surface area contributed by atoms with Gasteiger partial charge in [0.2, 0.25) is 11.8 Å². The van der Waals surface area contributed by atoms with Crippen molar-refractivity contribution in [3.63, 3.8) is 0 Å². The van der Waals surface area contributed by atoms with E-state index in [1.165, 1.54) is 0 Å². The third-order valence-corrected chi connectivity index (χ3v) is 2.29. The molecule has 86 valence electrons. The molecule has 15 heavy (non-hydrogen) atoms. The Balaban J connectivity index is 2.11. The molecule has 0 bridgehead atoms. The second-order valence-electron chi connectivity index (χ2n) is 4.06. The van der Waals surface area contributed by atoms with E-state index in [4.69, 9.17) is 0 Å². The average molecular weight is 213 g/mol. The smallest absolute Gasteiger partial charge is 0.242 e. The van der Waals surface area contributed by atoms with Crippen LogP contribution in [0.5, 0.6) is 0 Å². The van der Waals surface area contributed by atoms with Crippen LogP contribution in [0.3, 0.4) is 0 Å². The molecule has 1 fully saturated rings. The topological polar surface area (TPSA) is 70.2 Å². The van der Waals surface area contributed by atoms with E-state index in [-0.39, 0.29) is 17.9 Å². The van der Waals surface area contributed by atoms with Crippen LogP contribution in [-0.2, 0) is 9.59 Å². The van der Waals surface area contributed by atoms with Crippen molar-refractivity contribution in [3.05, 3.63) is 0 Å². The van der Waals surface area contributed by atoms with Crippen LogP contribution >= 0.6 is 0 Å². The first kappa shape index (κ1) is 12.0. The number of hydrogen-bond donors (Lipinski definition) is 3. The van der Waals surface area contributed by atoms with E-state index in [1.807, 2.05) is 0 Å². The van der Waals surface area contributed by atoms with Crippen LogP contribution < -0.4 is 16.0 Å². The van der Waals surface area contributed by atoms with Crippen molar-refractivity contribution >= 4 is 11.8 Å². The summed E-state index contributed by atoms with van der Waals surface area (Å²) in [6, 6.07) is 0.102. The Morgan fingerprint density at radius 1 is 1.53 bits per heavy atom. The number of carbonyl (C=O) groups excluding carboxylic acids is 2. The second-order valence-corrected chi connectivity index (χ2v) is 4.06. The molecule has 5 nitrogen and oxygen atoms in total. The van der Waals surface area contributed by atoms with Gasteiger partial charge in [-0.15, -0.1) is 0 Å². The quantitative estimate of drug-likeness (QED) is 0.533. The van der Waals surface area contributed by atoms with Gasteiger partial charge in [-0.05, 0) is 6.42 Å². The highest BCUT2D eigenvalue weighted by Gasteiger charge is 2.26. The molecule has 0 unspecified atom stereocenters. The highest BCUT2D eigenvalue weighted by molar-refractivity contribution is 5.90. The predicted octanol–water partition coefficient (Wildman–Crippen LogP) is -0.621. The fourth-order valence-corrected chi connectivity index (χ4v) is 1.48. The second kappa shape index (κ2) is 5.70. The standard InChI is InChI=1S/C10H19N3O2/c1-7(2)11-5-6-12-10(15)8-3-4-9(14)13-8/h7-8,11H,3-6H2,1-2H3,(H,12,15)(H,13,14)/t8-/m1/s1. The van der Waals surface area contributed by atoms with Gasteiger partial charge >= 0.3 is 0 Å². The van der Waals surface area contributed by atoms with E-state index in [2.05, 4.69) is 29.8 Å². The maximum absolute atomic E-state index is 11.5. The zero-order valence-electron chi connectivity index (χ0n) is 9.30. The largest absolute Gasteiger partial charge is 0.353 e. The third kappa shape index (κ3) is 4.29. The number of amides is 2. The van der Waals surface area contributed by atoms with E-state index in [0.29, 0.717) is 25.4 Å². The molecule has 0 saturated carbocycles. The predicted molar refractivity (Wildman–Crippen MR) is 57.3 cm³/mol. The van der Waals surface area contributed by atoms with Crippen LogP contribution in [0.25, 0.3) is 0 Å². The van der Waals surface area contributed by atoms with Crippen molar-refractivity contribution < 1.29 is 9.59 Å². The molecule has 1 saturated heterocycles. The molecule has 5 heteroatoms. The van der Waals surface area contributed by atoms with Crippen molar-refractivity contribution in [2.45, 2.75) is 38.8 Å². The zero-order valence-corrected chi connectivity index (χ0v) is 9.30. The van der Waals surface area contributed by atoms with Crippen LogP contribution in [0, 0.1) is 0 Å². The van der Waals surface area contributed by atoms with Crippen LogP contribution in [0.4, 0.5) is 0 Å². The van der Waals surface area contributed by atoms with Gasteiger partial charge in [-0.25, -0.2) is 0 Å². The lowest BCUT2D eigenvalue weighted by Gasteiger charge is -2.12. The molecule has 3 N–H and O–H groups in total. The minimum absolute atomic E-state index is 0.0320. The minimum atomic E-state index is -0.323. The SMILES string of the molecule is CC(C)NCCNC(=O)[C@H]1CCC(=O)N1. The molecule has 0 spiro atoms. The monoisotopic (exact) mass is 213 g/mol. The molecule has 1 rings (SSSR count). The van der Waals surface area contributed by atoms with Crippen LogP contribution in [0.2, 0.25) is 0 Å². The zero-order chi connectivity index (χ0) is 11.3. The van der Waals surface area contributed by atoms with Crippen molar-refractivity contribution in [1.82, 2.24) is 16.0 Å². The fourth-order valence-electron chi connectivity index (χ4n) is 1.48. The van der Waals surface area contributed by atoms with Gasteiger partial charge in [0.25, 0.3) is 0 Å². The van der Waals surface area contributed by atoms with E-state index in [1.54, 1.807) is 0 Å². The molecule has 1 aliphatic heterocycles.